The summed E-state index contributed by atoms with van der Waals surface area (Å²) in [6.07, 6.45) is 3.98. The van der Waals surface area contributed by atoms with E-state index in [1.54, 1.807) is 11.8 Å². The number of ether oxygens (including phenoxy) is 1. The molecule has 2 amide bonds. The van der Waals surface area contributed by atoms with Crippen LogP contribution in [0, 0.1) is 0 Å². The van der Waals surface area contributed by atoms with Gasteiger partial charge >= 0.3 is 5.97 Å². The molecule has 0 atom stereocenters. The predicted molar refractivity (Wildman–Crippen MR) is 99.6 cm³/mol. The monoisotopic (exact) mass is 379 g/mol. The third-order valence-corrected chi connectivity index (χ3v) is 6.21. The third kappa shape index (κ3) is 4.07. The smallest absolute Gasteiger partial charge is 0.341 e. The van der Waals surface area contributed by atoms with Crippen LogP contribution in [-0.4, -0.2) is 67.4 Å². The molecule has 3 rings (SSSR count). The molecule has 26 heavy (non-hydrogen) atoms. The Labute approximate surface area is 157 Å². The molecule has 0 unspecified atom stereocenters. The fourth-order valence-electron chi connectivity index (χ4n) is 3.56. The quantitative estimate of drug-likeness (QED) is 0.803. The number of thiophene rings is 1. The van der Waals surface area contributed by atoms with Crippen molar-refractivity contribution in [3.05, 3.63) is 16.0 Å². The Hall–Kier alpha value is -1.93. The summed E-state index contributed by atoms with van der Waals surface area (Å²) in [4.78, 5) is 41.1. The van der Waals surface area contributed by atoms with Gasteiger partial charge in [0, 0.05) is 38.0 Å². The van der Waals surface area contributed by atoms with Crippen LogP contribution >= 0.6 is 11.3 Å². The van der Waals surface area contributed by atoms with Crippen LogP contribution in [0.5, 0.6) is 0 Å². The normalized spacial score (nSPS) is 17.5. The van der Waals surface area contributed by atoms with Gasteiger partial charge in [-0.05, 0) is 31.2 Å². The maximum atomic E-state index is 12.5. The zero-order chi connectivity index (χ0) is 18.7. The molecule has 7 nitrogen and oxygen atoms in total. The second-order valence-corrected chi connectivity index (χ2v) is 7.84. The Morgan fingerprint density at radius 2 is 1.81 bits per heavy atom. The zero-order valence-corrected chi connectivity index (χ0v) is 16.1. The molecule has 0 bridgehead atoms. The number of carbonyl (C=O) groups excluding carboxylic acids is 3. The summed E-state index contributed by atoms with van der Waals surface area (Å²) in [5.41, 5.74) is 1.57. The first-order valence-corrected chi connectivity index (χ1v) is 9.81. The van der Waals surface area contributed by atoms with Gasteiger partial charge in [0.25, 0.3) is 0 Å². The van der Waals surface area contributed by atoms with Gasteiger partial charge in [-0.2, -0.15) is 0 Å². The van der Waals surface area contributed by atoms with E-state index in [1.165, 1.54) is 23.3 Å². The SMILES string of the molecule is COC(=O)c1c(NC(=O)CN2CCN(C(C)=O)CC2)sc2c1CCCC2. The number of anilines is 1. The summed E-state index contributed by atoms with van der Waals surface area (Å²) in [7, 11) is 1.37. The third-order valence-electron chi connectivity index (χ3n) is 5.00. The summed E-state index contributed by atoms with van der Waals surface area (Å²) in [6, 6.07) is 0. The van der Waals surface area contributed by atoms with E-state index < -0.39 is 0 Å². The number of carbonyl (C=O) groups is 3. The molecule has 1 fully saturated rings. The minimum absolute atomic E-state index is 0.0704. The fraction of sp³-hybridized carbons (Fsp3) is 0.611. The average molecular weight is 379 g/mol. The standard InChI is InChI=1S/C18H25N3O4S/c1-12(22)21-9-7-20(8-10-21)11-15(23)19-17-16(18(24)25-2)13-5-3-4-6-14(13)26-17/h3-11H2,1-2H3,(H,19,23). The molecule has 0 spiro atoms. The van der Waals surface area contributed by atoms with Gasteiger partial charge in [-0.15, -0.1) is 11.3 Å². The first-order chi connectivity index (χ1) is 12.5. The second kappa shape index (κ2) is 8.18. The molecule has 0 saturated carbocycles. The van der Waals surface area contributed by atoms with E-state index in [0.717, 1.165) is 31.2 Å². The van der Waals surface area contributed by atoms with E-state index in [4.69, 9.17) is 4.74 Å². The maximum Gasteiger partial charge on any atom is 0.341 e. The van der Waals surface area contributed by atoms with Crippen molar-refractivity contribution >= 4 is 34.1 Å². The largest absolute Gasteiger partial charge is 0.465 e. The Kier molecular flexibility index (Phi) is 5.93. The summed E-state index contributed by atoms with van der Waals surface area (Å²) >= 11 is 1.50. The van der Waals surface area contributed by atoms with Gasteiger partial charge in [0.05, 0.1) is 19.2 Å². The van der Waals surface area contributed by atoms with Crippen LogP contribution in [0.25, 0.3) is 0 Å². The van der Waals surface area contributed by atoms with E-state index in [9.17, 15) is 14.4 Å². The van der Waals surface area contributed by atoms with Gasteiger partial charge in [-0.3, -0.25) is 14.5 Å². The number of nitrogens with zero attached hydrogens (tertiary/aromatic N) is 2. The summed E-state index contributed by atoms with van der Waals surface area (Å²) in [5, 5.41) is 3.53. The van der Waals surface area contributed by atoms with Crippen molar-refractivity contribution in [2.24, 2.45) is 0 Å². The number of methoxy groups -OCH3 is 1. The van der Waals surface area contributed by atoms with Crippen molar-refractivity contribution < 1.29 is 19.1 Å². The van der Waals surface area contributed by atoms with Crippen LogP contribution in [0.2, 0.25) is 0 Å². The van der Waals surface area contributed by atoms with Gasteiger partial charge in [-0.1, -0.05) is 0 Å². The number of nitrogens with one attached hydrogen (secondary N) is 1. The Morgan fingerprint density at radius 3 is 2.46 bits per heavy atom. The lowest BCUT2D eigenvalue weighted by Crippen LogP contribution is -2.49. The Bertz CT molecular complexity index is 708. The van der Waals surface area contributed by atoms with Crippen molar-refractivity contribution in [1.82, 2.24) is 9.80 Å². The van der Waals surface area contributed by atoms with E-state index in [2.05, 4.69) is 5.32 Å². The maximum absolute atomic E-state index is 12.5. The molecule has 0 radical (unpaired) electrons. The van der Waals surface area contributed by atoms with E-state index >= 15 is 0 Å². The topological polar surface area (TPSA) is 79.0 Å². The van der Waals surface area contributed by atoms with Crippen molar-refractivity contribution in [3.63, 3.8) is 0 Å². The van der Waals surface area contributed by atoms with Crippen molar-refractivity contribution in [2.75, 3.05) is 45.2 Å². The van der Waals surface area contributed by atoms with Gasteiger partial charge in [0.1, 0.15) is 5.00 Å². The molecular weight excluding hydrogens is 354 g/mol. The number of esters is 1. The average Bonchev–Trinajstić information content (AvgIpc) is 2.99. The summed E-state index contributed by atoms with van der Waals surface area (Å²) in [6.45, 7) is 4.46. The van der Waals surface area contributed by atoms with Gasteiger partial charge in [0.15, 0.2) is 0 Å². The van der Waals surface area contributed by atoms with Crippen LogP contribution in [0.4, 0.5) is 5.00 Å². The highest BCUT2D eigenvalue weighted by Gasteiger charge is 2.27. The Balaban J connectivity index is 1.65. The molecule has 1 saturated heterocycles. The number of rotatable bonds is 4. The van der Waals surface area contributed by atoms with Gasteiger partial charge < -0.3 is 15.0 Å². The van der Waals surface area contributed by atoms with Gasteiger partial charge in [0.2, 0.25) is 11.8 Å². The van der Waals surface area contributed by atoms with E-state index in [-0.39, 0.29) is 24.3 Å². The minimum atomic E-state index is -0.380. The van der Waals surface area contributed by atoms with Crippen LogP contribution in [0.15, 0.2) is 0 Å². The number of piperazine rings is 1. The number of aryl methyl sites for hydroxylation is 1. The highest BCUT2D eigenvalue weighted by molar-refractivity contribution is 7.17. The van der Waals surface area contributed by atoms with Gasteiger partial charge in [-0.25, -0.2) is 4.79 Å². The Morgan fingerprint density at radius 1 is 1.12 bits per heavy atom. The van der Waals surface area contributed by atoms with Crippen LogP contribution in [-0.2, 0) is 27.2 Å². The minimum Gasteiger partial charge on any atom is -0.465 e. The zero-order valence-electron chi connectivity index (χ0n) is 15.3. The highest BCUT2D eigenvalue weighted by atomic mass is 32.1. The van der Waals surface area contributed by atoms with Crippen molar-refractivity contribution in [1.29, 1.82) is 0 Å². The lowest BCUT2D eigenvalue weighted by atomic mass is 9.95. The lowest BCUT2D eigenvalue weighted by Gasteiger charge is -2.33. The second-order valence-electron chi connectivity index (χ2n) is 6.74. The molecule has 1 aromatic heterocycles. The van der Waals surface area contributed by atoms with Crippen LogP contribution < -0.4 is 5.32 Å². The number of hydrogen-bond donors (Lipinski definition) is 1. The molecule has 1 aliphatic heterocycles. The molecular formula is C18H25N3O4S. The lowest BCUT2D eigenvalue weighted by molar-refractivity contribution is -0.130. The number of hydrogen-bond acceptors (Lipinski definition) is 6. The summed E-state index contributed by atoms with van der Waals surface area (Å²) in [5.74, 6) is -0.444. The predicted octanol–water partition coefficient (Wildman–Crippen LogP) is 1.52. The van der Waals surface area contributed by atoms with Crippen molar-refractivity contribution in [3.8, 4) is 0 Å². The molecule has 1 N–H and O–H groups in total. The fourth-order valence-corrected chi connectivity index (χ4v) is 4.86. The van der Waals surface area contributed by atoms with Crippen LogP contribution in [0.3, 0.4) is 0 Å². The molecule has 2 aliphatic rings. The highest BCUT2D eigenvalue weighted by Crippen LogP contribution is 2.38. The van der Waals surface area contributed by atoms with Crippen molar-refractivity contribution in [2.45, 2.75) is 32.6 Å². The molecule has 1 aliphatic carbocycles. The van der Waals surface area contributed by atoms with E-state index in [1.807, 2.05) is 4.90 Å². The molecule has 142 valence electrons. The van der Waals surface area contributed by atoms with Crippen LogP contribution in [0.1, 0.15) is 40.6 Å². The summed E-state index contributed by atoms with van der Waals surface area (Å²) < 4.78 is 4.94. The van der Waals surface area contributed by atoms with E-state index in [0.29, 0.717) is 36.7 Å². The first kappa shape index (κ1) is 18.8. The molecule has 8 heteroatoms. The number of amides is 2. The number of fused-ring (bicyclic) bond motifs is 1. The molecule has 1 aromatic rings. The molecule has 2 heterocycles. The molecule has 0 aromatic carbocycles. The first-order valence-electron chi connectivity index (χ1n) is 9.00.